The maximum absolute atomic E-state index is 13.3. The number of hydrogen-bond donors (Lipinski definition) is 1. The highest BCUT2D eigenvalue weighted by Crippen LogP contribution is 2.26. The van der Waals surface area contributed by atoms with Crippen LogP contribution in [0.25, 0.3) is 0 Å². The lowest BCUT2D eigenvalue weighted by molar-refractivity contribution is -0.125. The Morgan fingerprint density at radius 3 is 1.30 bits per heavy atom. The van der Waals surface area contributed by atoms with E-state index in [9.17, 15) is 9.59 Å². The average molecular weight is 847 g/mol. The first-order valence-corrected chi connectivity index (χ1v) is 20.8. The van der Waals surface area contributed by atoms with Gasteiger partial charge in [0.15, 0.2) is 0 Å². The van der Waals surface area contributed by atoms with Gasteiger partial charge in [-0.3, -0.25) is 9.59 Å². The maximum atomic E-state index is 13.3. The van der Waals surface area contributed by atoms with E-state index in [1.165, 1.54) is 0 Å². The SMILES string of the molecule is COCCOCCOCCOCCOCCOCCOCCOCCOCCOCCOCCOCCNC(=O)CCC(=O)N1Cc2ccccc2C#Cc2ccccc21. The predicted molar refractivity (Wildman–Crippen MR) is 223 cm³/mol. The van der Waals surface area contributed by atoms with Crippen molar-refractivity contribution in [2.45, 2.75) is 19.4 Å². The van der Waals surface area contributed by atoms with Crippen LogP contribution in [0, 0.1) is 11.8 Å². The third-order valence-corrected chi connectivity index (χ3v) is 8.46. The van der Waals surface area contributed by atoms with Gasteiger partial charge in [-0.05, 0) is 23.8 Å². The van der Waals surface area contributed by atoms with Crippen LogP contribution >= 0.6 is 0 Å². The zero-order valence-corrected chi connectivity index (χ0v) is 35.4. The van der Waals surface area contributed by atoms with E-state index in [2.05, 4.69) is 17.2 Å². The summed E-state index contributed by atoms with van der Waals surface area (Å²) in [6, 6.07) is 15.4. The molecule has 60 heavy (non-hydrogen) atoms. The number of nitrogens with zero attached hydrogens (tertiary/aromatic N) is 1. The molecule has 1 aliphatic rings. The first kappa shape index (κ1) is 50.8. The zero-order chi connectivity index (χ0) is 42.4. The van der Waals surface area contributed by atoms with Crippen LogP contribution in [-0.4, -0.2) is 177 Å². The minimum absolute atomic E-state index is 0.0859. The molecule has 336 valence electrons. The summed E-state index contributed by atoms with van der Waals surface area (Å²) < 4.78 is 65.1. The van der Waals surface area contributed by atoms with Crippen LogP contribution < -0.4 is 10.2 Å². The van der Waals surface area contributed by atoms with Gasteiger partial charge in [0.05, 0.1) is 164 Å². The number of benzene rings is 2. The number of rotatable bonds is 39. The molecule has 1 heterocycles. The highest BCUT2D eigenvalue weighted by atomic mass is 16.6. The van der Waals surface area contributed by atoms with Crippen molar-refractivity contribution in [3.8, 4) is 11.8 Å². The molecule has 0 saturated heterocycles. The topological polar surface area (TPSA) is 160 Å². The Kier molecular flexibility index (Phi) is 30.6. The molecule has 0 radical (unpaired) electrons. The molecule has 3 rings (SSSR count). The number of hydrogen-bond acceptors (Lipinski definition) is 14. The molecular weight excluding hydrogens is 780 g/mol. The third-order valence-electron chi connectivity index (χ3n) is 8.46. The summed E-state index contributed by atoms with van der Waals surface area (Å²) in [4.78, 5) is 27.5. The molecular formula is C44H66N2O14. The maximum Gasteiger partial charge on any atom is 0.227 e. The quantitative estimate of drug-likeness (QED) is 0.0773. The fourth-order valence-electron chi connectivity index (χ4n) is 5.36. The van der Waals surface area contributed by atoms with E-state index in [-0.39, 0.29) is 24.7 Å². The molecule has 0 unspecified atom stereocenters. The molecule has 2 aromatic rings. The van der Waals surface area contributed by atoms with Crippen molar-refractivity contribution in [2.24, 2.45) is 0 Å². The van der Waals surface area contributed by atoms with Gasteiger partial charge < -0.3 is 67.1 Å². The first-order chi connectivity index (χ1) is 29.7. The zero-order valence-electron chi connectivity index (χ0n) is 35.4. The number of ether oxygens (including phenoxy) is 12. The van der Waals surface area contributed by atoms with Crippen LogP contribution in [0.3, 0.4) is 0 Å². The lowest BCUT2D eigenvalue weighted by Crippen LogP contribution is -2.34. The standard InChI is InChI=1S/C44H66N2O14/c1-49-16-17-51-20-21-53-24-25-55-28-29-57-32-33-59-36-37-60-35-34-58-31-30-56-27-26-54-23-22-52-19-18-50-15-14-45-43(47)12-13-44(48)46-38-41-8-3-2-6-39(41)10-11-40-7-4-5-9-42(40)46/h2-9H,12-38H2,1H3,(H,45,47). The Morgan fingerprint density at radius 1 is 0.483 bits per heavy atom. The number of carbonyl (C=O) groups excluding carboxylic acids is 2. The second kappa shape index (κ2) is 36.1. The second-order valence-corrected chi connectivity index (χ2v) is 13.0. The normalized spacial score (nSPS) is 12.0. The molecule has 0 spiro atoms. The highest BCUT2D eigenvalue weighted by molar-refractivity contribution is 5.96. The molecule has 0 aliphatic carbocycles. The summed E-state index contributed by atoms with van der Waals surface area (Å²) in [5.74, 6) is 6.07. The third kappa shape index (κ3) is 25.3. The average Bonchev–Trinajstić information content (AvgIpc) is 3.26. The highest BCUT2D eigenvalue weighted by Gasteiger charge is 2.21. The van der Waals surface area contributed by atoms with E-state index in [0.29, 0.717) is 165 Å². The first-order valence-electron chi connectivity index (χ1n) is 20.8. The molecule has 0 aromatic heterocycles. The Balaban J connectivity index is 0.986. The van der Waals surface area contributed by atoms with E-state index in [1.54, 1.807) is 12.0 Å². The summed E-state index contributed by atoms with van der Waals surface area (Å²) in [6.45, 7) is 11.9. The van der Waals surface area contributed by atoms with Crippen LogP contribution in [0.15, 0.2) is 48.5 Å². The van der Waals surface area contributed by atoms with Gasteiger partial charge in [-0.25, -0.2) is 0 Å². The molecule has 2 amide bonds. The summed E-state index contributed by atoms with van der Waals surface area (Å²) >= 11 is 0. The summed E-state index contributed by atoms with van der Waals surface area (Å²) in [7, 11) is 1.64. The monoisotopic (exact) mass is 846 g/mol. The molecule has 0 atom stereocenters. The second-order valence-electron chi connectivity index (χ2n) is 13.0. The number of carbonyl (C=O) groups is 2. The Labute approximate surface area is 355 Å². The van der Waals surface area contributed by atoms with Crippen LogP contribution in [0.2, 0.25) is 0 Å². The number of para-hydroxylation sites is 1. The molecule has 0 fully saturated rings. The van der Waals surface area contributed by atoms with Gasteiger partial charge in [0.25, 0.3) is 0 Å². The number of fused-ring (bicyclic) bond motifs is 2. The van der Waals surface area contributed by atoms with Crippen LogP contribution in [0.4, 0.5) is 5.69 Å². The van der Waals surface area contributed by atoms with Crippen molar-refractivity contribution in [1.82, 2.24) is 5.32 Å². The fraction of sp³-hybridized carbons (Fsp3) is 0.636. The van der Waals surface area contributed by atoms with Crippen LogP contribution in [-0.2, 0) is 73.0 Å². The summed E-state index contributed by atoms with van der Waals surface area (Å²) in [6.07, 6.45) is 0.173. The smallest absolute Gasteiger partial charge is 0.227 e. The van der Waals surface area contributed by atoms with E-state index in [4.69, 9.17) is 56.8 Å². The number of nitrogens with one attached hydrogen (secondary N) is 1. The largest absolute Gasteiger partial charge is 0.382 e. The van der Waals surface area contributed by atoms with E-state index in [1.807, 2.05) is 48.5 Å². The predicted octanol–water partition coefficient (Wildman–Crippen LogP) is 2.66. The van der Waals surface area contributed by atoms with Gasteiger partial charge in [-0.15, -0.1) is 0 Å². The van der Waals surface area contributed by atoms with Crippen molar-refractivity contribution >= 4 is 17.5 Å². The minimum atomic E-state index is -0.201. The van der Waals surface area contributed by atoms with Gasteiger partial charge in [-0.1, -0.05) is 42.2 Å². The summed E-state index contributed by atoms with van der Waals surface area (Å²) in [5.41, 5.74) is 3.41. The van der Waals surface area contributed by atoms with E-state index in [0.717, 1.165) is 22.4 Å². The Morgan fingerprint density at radius 2 is 0.850 bits per heavy atom. The van der Waals surface area contributed by atoms with Crippen LogP contribution in [0.5, 0.6) is 0 Å². The van der Waals surface area contributed by atoms with Gasteiger partial charge in [-0.2, -0.15) is 0 Å². The molecule has 0 bridgehead atoms. The molecule has 0 saturated carbocycles. The molecule has 2 aromatic carbocycles. The Bertz CT molecular complexity index is 1460. The van der Waals surface area contributed by atoms with E-state index < -0.39 is 0 Å². The van der Waals surface area contributed by atoms with Crippen molar-refractivity contribution in [3.63, 3.8) is 0 Å². The van der Waals surface area contributed by atoms with Crippen molar-refractivity contribution < 1.29 is 66.4 Å². The molecule has 1 N–H and O–H groups in total. The minimum Gasteiger partial charge on any atom is -0.382 e. The summed E-state index contributed by atoms with van der Waals surface area (Å²) in [5, 5.41) is 2.82. The molecule has 16 nitrogen and oxygen atoms in total. The van der Waals surface area contributed by atoms with E-state index >= 15 is 0 Å². The van der Waals surface area contributed by atoms with Gasteiger partial charge in [0, 0.05) is 37.6 Å². The van der Waals surface area contributed by atoms with Crippen molar-refractivity contribution in [2.75, 3.05) is 171 Å². The lowest BCUT2D eigenvalue weighted by atomic mass is 10.0. The Hall–Kier alpha value is -3.54. The van der Waals surface area contributed by atoms with Crippen LogP contribution in [0.1, 0.15) is 29.5 Å². The lowest BCUT2D eigenvalue weighted by Gasteiger charge is -2.26. The van der Waals surface area contributed by atoms with Gasteiger partial charge in [0.2, 0.25) is 11.8 Å². The fourth-order valence-corrected chi connectivity index (χ4v) is 5.36. The van der Waals surface area contributed by atoms with Gasteiger partial charge in [0.1, 0.15) is 0 Å². The number of methoxy groups -OCH3 is 1. The molecule has 1 aliphatic heterocycles. The van der Waals surface area contributed by atoms with Crippen molar-refractivity contribution in [1.29, 1.82) is 0 Å². The molecule has 16 heteroatoms. The van der Waals surface area contributed by atoms with Gasteiger partial charge >= 0.3 is 0 Å². The van der Waals surface area contributed by atoms with Crippen molar-refractivity contribution in [3.05, 3.63) is 65.2 Å². The number of anilines is 1. The number of amides is 2.